The maximum Gasteiger partial charge on any atom is 0.339 e. The van der Waals surface area contributed by atoms with Gasteiger partial charge in [0.2, 0.25) is 0 Å². The van der Waals surface area contributed by atoms with Gasteiger partial charge in [-0.2, -0.15) is 0 Å². The van der Waals surface area contributed by atoms with E-state index in [1.807, 2.05) is 56.3 Å². The molecule has 2 rings (SSSR count). The zero-order valence-electron chi connectivity index (χ0n) is 15.2. The van der Waals surface area contributed by atoms with E-state index in [-0.39, 0.29) is 25.2 Å². The Morgan fingerprint density at radius 2 is 1.62 bits per heavy atom. The molecule has 0 atom stereocenters. The van der Waals surface area contributed by atoms with Gasteiger partial charge in [-0.05, 0) is 31.0 Å². The molecule has 0 spiro atoms. The smallest absolute Gasteiger partial charge is 0.339 e. The molecule has 26 heavy (non-hydrogen) atoms. The first-order chi connectivity index (χ1) is 12.6. The summed E-state index contributed by atoms with van der Waals surface area (Å²) in [5, 5.41) is 2.84. The number of rotatable bonds is 9. The van der Waals surface area contributed by atoms with E-state index in [1.165, 1.54) is 0 Å². The molecular formula is C21H25NO4. The number of benzene rings is 2. The molecule has 0 saturated carbocycles. The number of carbonyl (C=O) groups excluding carboxylic acids is 2. The molecule has 0 aliphatic rings. The molecule has 0 aliphatic carbocycles. The van der Waals surface area contributed by atoms with E-state index in [0.717, 1.165) is 18.6 Å². The van der Waals surface area contributed by atoms with Crippen LogP contribution in [0.15, 0.2) is 54.6 Å². The van der Waals surface area contributed by atoms with Crippen molar-refractivity contribution in [2.24, 2.45) is 0 Å². The van der Waals surface area contributed by atoms with Crippen LogP contribution in [0.2, 0.25) is 0 Å². The lowest BCUT2D eigenvalue weighted by Gasteiger charge is -2.15. The Labute approximate surface area is 154 Å². The van der Waals surface area contributed by atoms with Gasteiger partial charge in [-0.1, -0.05) is 50.2 Å². The second-order valence-corrected chi connectivity index (χ2v) is 5.92. The third-order valence-electron chi connectivity index (χ3n) is 4.06. The number of nitrogens with one attached hydrogen (secondary N) is 1. The first-order valence-electron chi connectivity index (χ1n) is 8.86. The summed E-state index contributed by atoms with van der Waals surface area (Å²) in [7, 11) is 0. The van der Waals surface area contributed by atoms with Gasteiger partial charge in [0.15, 0.2) is 6.61 Å². The molecule has 0 saturated heterocycles. The minimum absolute atomic E-state index is 0.104. The number of hydrogen-bond acceptors (Lipinski definition) is 4. The van der Waals surface area contributed by atoms with E-state index >= 15 is 0 Å². The van der Waals surface area contributed by atoms with Crippen molar-refractivity contribution >= 4 is 11.9 Å². The summed E-state index contributed by atoms with van der Waals surface area (Å²) in [4.78, 5) is 24.2. The van der Waals surface area contributed by atoms with Crippen molar-refractivity contribution in [2.75, 3.05) is 6.61 Å². The molecule has 0 radical (unpaired) electrons. The minimum Gasteiger partial charge on any atom is -0.489 e. The van der Waals surface area contributed by atoms with Gasteiger partial charge in [0.25, 0.3) is 5.91 Å². The molecule has 0 aliphatic heterocycles. The highest BCUT2D eigenvalue weighted by molar-refractivity contribution is 5.92. The average Bonchev–Trinajstić information content (AvgIpc) is 2.69. The van der Waals surface area contributed by atoms with Crippen molar-refractivity contribution < 1.29 is 19.1 Å². The molecule has 5 nitrogen and oxygen atoms in total. The van der Waals surface area contributed by atoms with Crippen LogP contribution >= 0.6 is 0 Å². The summed E-state index contributed by atoms with van der Waals surface area (Å²) >= 11 is 0. The summed E-state index contributed by atoms with van der Waals surface area (Å²) < 4.78 is 10.9. The fraction of sp³-hybridized carbons (Fsp3) is 0.333. The normalized spacial score (nSPS) is 10.4. The van der Waals surface area contributed by atoms with Gasteiger partial charge in [-0.15, -0.1) is 0 Å². The summed E-state index contributed by atoms with van der Waals surface area (Å²) in [6.45, 7) is 3.96. The van der Waals surface area contributed by atoms with E-state index in [2.05, 4.69) is 5.32 Å². The zero-order valence-corrected chi connectivity index (χ0v) is 15.2. The molecule has 0 heterocycles. The summed E-state index contributed by atoms with van der Waals surface area (Å²) in [5.74, 6) is -0.0951. The van der Waals surface area contributed by atoms with Crippen LogP contribution in [0.4, 0.5) is 0 Å². The van der Waals surface area contributed by atoms with Gasteiger partial charge < -0.3 is 14.8 Å². The highest BCUT2D eigenvalue weighted by Crippen LogP contribution is 2.15. The highest BCUT2D eigenvalue weighted by atomic mass is 16.5. The molecule has 0 aromatic heterocycles. The molecule has 138 valence electrons. The Bertz CT molecular complexity index is 711. The van der Waals surface area contributed by atoms with Crippen LogP contribution in [-0.2, 0) is 16.1 Å². The number of hydrogen-bond donors (Lipinski definition) is 1. The third-order valence-corrected chi connectivity index (χ3v) is 4.06. The van der Waals surface area contributed by atoms with E-state index in [9.17, 15) is 9.59 Å². The molecule has 0 unspecified atom stereocenters. The van der Waals surface area contributed by atoms with E-state index in [0.29, 0.717) is 11.1 Å². The lowest BCUT2D eigenvalue weighted by Crippen LogP contribution is -2.36. The average molecular weight is 355 g/mol. The Balaban J connectivity index is 1.93. The van der Waals surface area contributed by atoms with Crippen molar-refractivity contribution in [3.8, 4) is 5.75 Å². The lowest BCUT2D eigenvalue weighted by molar-refractivity contribution is -0.125. The number of ether oxygens (including phenoxy) is 2. The number of amides is 1. The lowest BCUT2D eigenvalue weighted by atomic mass is 10.1. The second kappa shape index (κ2) is 10.2. The quantitative estimate of drug-likeness (QED) is 0.696. The van der Waals surface area contributed by atoms with Crippen molar-refractivity contribution in [1.82, 2.24) is 5.32 Å². The molecule has 2 aromatic rings. The minimum atomic E-state index is -0.531. The Morgan fingerprint density at radius 3 is 2.31 bits per heavy atom. The molecule has 5 heteroatoms. The van der Waals surface area contributed by atoms with E-state index < -0.39 is 5.97 Å². The predicted molar refractivity (Wildman–Crippen MR) is 100 cm³/mol. The molecule has 0 fully saturated rings. The van der Waals surface area contributed by atoms with E-state index in [4.69, 9.17) is 9.47 Å². The topological polar surface area (TPSA) is 64.6 Å². The third kappa shape index (κ3) is 5.92. The Hall–Kier alpha value is -2.82. The highest BCUT2D eigenvalue weighted by Gasteiger charge is 2.15. The summed E-state index contributed by atoms with van der Waals surface area (Å²) in [6, 6.07) is 16.5. The monoisotopic (exact) mass is 355 g/mol. The zero-order chi connectivity index (χ0) is 18.8. The molecule has 2 aromatic carbocycles. The van der Waals surface area contributed by atoms with Gasteiger partial charge in [0.05, 0.1) is 5.56 Å². The summed E-state index contributed by atoms with van der Waals surface area (Å²) in [6.07, 6.45) is 1.69. The maximum absolute atomic E-state index is 12.3. The van der Waals surface area contributed by atoms with Crippen molar-refractivity contribution in [3.05, 3.63) is 65.7 Å². The first kappa shape index (κ1) is 19.5. The number of para-hydroxylation sites is 1. The number of esters is 1. The van der Waals surface area contributed by atoms with Crippen LogP contribution in [0.3, 0.4) is 0 Å². The fourth-order valence-electron chi connectivity index (χ4n) is 2.49. The van der Waals surface area contributed by atoms with Gasteiger partial charge in [-0.3, -0.25) is 4.79 Å². The van der Waals surface area contributed by atoms with Crippen LogP contribution in [0, 0.1) is 0 Å². The van der Waals surface area contributed by atoms with Gasteiger partial charge in [0, 0.05) is 11.6 Å². The predicted octanol–water partition coefficient (Wildman–Crippen LogP) is 3.73. The van der Waals surface area contributed by atoms with E-state index in [1.54, 1.807) is 12.1 Å². The molecule has 1 amide bonds. The van der Waals surface area contributed by atoms with Crippen LogP contribution < -0.4 is 10.1 Å². The number of carbonyl (C=O) groups is 2. The van der Waals surface area contributed by atoms with Crippen molar-refractivity contribution in [1.29, 1.82) is 0 Å². The standard InChI is InChI=1S/C21H25NO4/c1-3-17(4-2)22-20(23)15-26-21(24)19-13-9-8-10-16(19)14-25-18-11-6-5-7-12-18/h5-13,17H,3-4,14-15H2,1-2H3,(H,22,23). The SMILES string of the molecule is CCC(CC)NC(=O)COC(=O)c1ccccc1COc1ccccc1. The van der Waals surface area contributed by atoms with Crippen molar-refractivity contribution in [2.45, 2.75) is 39.3 Å². The molecule has 0 bridgehead atoms. The van der Waals surface area contributed by atoms with Crippen LogP contribution in [0.1, 0.15) is 42.6 Å². The Kier molecular flexibility index (Phi) is 7.68. The van der Waals surface area contributed by atoms with Gasteiger partial charge >= 0.3 is 5.97 Å². The van der Waals surface area contributed by atoms with Crippen LogP contribution in [-0.4, -0.2) is 24.5 Å². The first-order valence-corrected chi connectivity index (χ1v) is 8.86. The van der Waals surface area contributed by atoms with Crippen molar-refractivity contribution in [3.63, 3.8) is 0 Å². The maximum atomic E-state index is 12.3. The Morgan fingerprint density at radius 1 is 0.962 bits per heavy atom. The fourth-order valence-corrected chi connectivity index (χ4v) is 2.49. The largest absolute Gasteiger partial charge is 0.489 e. The molecule has 1 N–H and O–H groups in total. The van der Waals surface area contributed by atoms with Crippen LogP contribution in [0.5, 0.6) is 5.75 Å². The van der Waals surface area contributed by atoms with Gasteiger partial charge in [0.1, 0.15) is 12.4 Å². The van der Waals surface area contributed by atoms with Crippen LogP contribution in [0.25, 0.3) is 0 Å². The van der Waals surface area contributed by atoms with Gasteiger partial charge in [-0.25, -0.2) is 4.79 Å². The second-order valence-electron chi connectivity index (χ2n) is 5.92. The summed E-state index contributed by atoms with van der Waals surface area (Å²) in [5.41, 5.74) is 1.11. The molecular weight excluding hydrogens is 330 g/mol.